The summed E-state index contributed by atoms with van der Waals surface area (Å²) in [5, 5.41) is 0. The molecule has 0 saturated carbocycles. The molecule has 0 spiro atoms. The average molecular weight is 247 g/mol. The quantitative estimate of drug-likeness (QED) is 0.605. The van der Waals surface area contributed by atoms with Gasteiger partial charge in [0.2, 0.25) is 0 Å². The van der Waals surface area contributed by atoms with Gasteiger partial charge in [0.1, 0.15) is 0 Å². The van der Waals surface area contributed by atoms with Crippen LogP contribution in [0, 0.1) is 13.8 Å². The molecule has 0 atom stereocenters. The number of carbonyl (C=O) groups excluding carboxylic acids is 1. The zero-order valence-corrected chi connectivity index (χ0v) is 11.8. The highest BCUT2D eigenvalue weighted by Crippen LogP contribution is 2.21. The lowest BCUT2D eigenvalue weighted by Gasteiger charge is -2.14. The van der Waals surface area contributed by atoms with Gasteiger partial charge in [0, 0.05) is 20.3 Å². The number of aryl methyl sites for hydroxylation is 2. The molecule has 1 aromatic rings. The van der Waals surface area contributed by atoms with Gasteiger partial charge >= 0.3 is 5.97 Å². The Balaban J connectivity index is 3.22. The van der Waals surface area contributed by atoms with E-state index in [0.717, 1.165) is 11.1 Å². The Morgan fingerprint density at radius 1 is 1.33 bits per heavy atom. The summed E-state index contributed by atoms with van der Waals surface area (Å²) in [7, 11) is 3.78. The van der Waals surface area contributed by atoms with Gasteiger partial charge in [-0.25, -0.2) is 4.79 Å². The van der Waals surface area contributed by atoms with Gasteiger partial charge in [0.15, 0.2) is 0 Å². The molecule has 0 fully saturated rings. The van der Waals surface area contributed by atoms with Crippen molar-refractivity contribution in [2.24, 2.45) is 0 Å². The molecule has 0 amide bonds. The maximum Gasteiger partial charge on any atom is 0.340 e. The van der Waals surface area contributed by atoms with Gasteiger partial charge in [-0.3, -0.25) is 0 Å². The van der Waals surface area contributed by atoms with Crippen LogP contribution in [0.3, 0.4) is 0 Å². The molecule has 1 rings (SSSR count). The molecule has 98 valence electrons. The molecule has 0 aromatic heterocycles. The lowest BCUT2D eigenvalue weighted by Crippen LogP contribution is -2.12. The lowest BCUT2D eigenvalue weighted by atomic mass is 9.99. The second-order valence-corrected chi connectivity index (χ2v) is 4.55. The van der Waals surface area contributed by atoms with Gasteiger partial charge in [-0.05, 0) is 31.9 Å². The second kappa shape index (κ2) is 6.24. The monoisotopic (exact) mass is 247 g/mol. The van der Waals surface area contributed by atoms with E-state index in [1.165, 1.54) is 5.56 Å². The summed E-state index contributed by atoms with van der Waals surface area (Å²) >= 11 is 0. The highest BCUT2D eigenvalue weighted by molar-refractivity contribution is 6.16. The average Bonchev–Trinajstić information content (AvgIpc) is 2.26. The number of ether oxygens (including phenoxy) is 1. The molecule has 3 heteroatoms. The van der Waals surface area contributed by atoms with Crippen LogP contribution in [0.15, 0.2) is 24.4 Å². The Hall–Kier alpha value is -1.77. The van der Waals surface area contributed by atoms with E-state index in [-0.39, 0.29) is 5.97 Å². The summed E-state index contributed by atoms with van der Waals surface area (Å²) in [6.45, 7) is 6.24. The predicted octanol–water partition coefficient (Wildman–Crippen LogP) is 2.77. The molecule has 0 aliphatic rings. The van der Waals surface area contributed by atoms with Gasteiger partial charge in [-0.1, -0.05) is 23.8 Å². The molecule has 0 aliphatic heterocycles. The Labute approximate surface area is 109 Å². The maximum absolute atomic E-state index is 12.0. The number of rotatable bonds is 4. The van der Waals surface area contributed by atoms with Crippen molar-refractivity contribution >= 4 is 11.5 Å². The molecule has 3 nitrogen and oxygen atoms in total. The highest BCUT2D eigenvalue weighted by Gasteiger charge is 2.15. The SMILES string of the molecule is CCOC(=O)C(=CN(C)C)c1ccc(C)cc1C. The smallest absolute Gasteiger partial charge is 0.340 e. The van der Waals surface area contributed by atoms with Crippen LogP contribution in [0.1, 0.15) is 23.6 Å². The van der Waals surface area contributed by atoms with E-state index >= 15 is 0 Å². The number of carbonyl (C=O) groups is 1. The van der Waals surface area contributed by atoms with Gasteiger partial charge in [0.05, 0.1) is 12.2 Å². The molecule has 0 heterocycles. The molecule has 0 N–H and O–H groups in total. The minimum Gasteiger partial charge on any atom is -0.462 e. The largest absolute Gasteiger partial charge is 0.462 e. The topological polar surface area (TPSA) is 29.5 Å². The van der Waals surface area contributed by atoms with E-state index in [1.54, 1.807) is 6.20 Å². The van der Waals surface area contributed by atoms with E-state index in [4.69, 9.17) is 4.74 Å². The summed E-state index contributed by atoms with van der Waals surface area (Å²) in [6, 6.07) is 6.04. The first-order valence-electron chi connectivity index (χ1n) is 6.08. The zero-order chi connectivity index (χ0) is 13.7. The molecule has 0 bridgehead atoms. The van der Waals surface area contributed by atoms with E-state index in [0.29, 0.717) is 12.2 Å². The van der Waals surface area contributed by atoms with E-state index in [1.807, 2.05) is 51.9 Å². The van der Waals surface area contributed by atoms with Crippen molar-refractivity contribution in [2.45, 2.75) is 20.8 Å². The second-order valence-electron chi connectivity index (χ2n) is 4.55. The zero-order valence-electron chi connectivity index (χ0n) is 11.8. The lowest BCUT2D eigenvalue weighted by molar-refractivity contribution is -0.136. The fourth-order valence-corrected chi connectivity index (χ4v) is 1.82. The number of benzene rings is 1. The third-order valence-corrected chi connectivity index (χ3v) is 2.55. The Morgan fingerprint density at radius 2 is 2.00 bits per heavy atom. The first-order chi connectivity index (χ1) is 8.45. The summed E-state index contributed by atoms with van der Waals surface area (Å²) in [4.78, 5) is 13.9. The number of hydrogen-bond acceptors (Lipinski definition) is 3. The van der Waals surface area contributed by atoms with Gasteiger partial charge < -0.3 is 9.64 Å². The molecular formula is C15H21NO2. The minimum absolute atomic E-state index is 0.279. The van der Waals surface area contributed by atoms with Crippen LogP contribution in [-0.2, 0) is 9.53 Å². The van der Waals surface area contributed by atoms with E-state index in [2.05, 4.69) is 6.07 Å². The third kappa shape index (κ3) is 3.62. The number of esters is 1. The van der Waals surface area contributed by atoms with Crippen LogP contribution in [0.4, 0.5) is 0 Å². The predicted molar refractivity (Wildman–Crippen MR) is 74.2 cm³/mol. The molecule has 0 aliphatic carbocycles. The van der Waals surface area contributed by atoms with Crippen molar-refractivity contribution < 1.29 is 9.53 Å². The Bertz CT molecular complexity index is 462. The fraction of sp³-hybridized carbons (Fsp3) is 0.400. The normalized spacial score (nSPS) is 11.3. The van der Waals surface area contributed by atoms with Gasteiger partial charge in [-0.2, -0.15) is 0 Å². The van der Waals surface area contributed by atoms with Gasteiger partial charge in [-0.15, -0.1) is 0 Å². The van der Waals surface area contributed by atoms with Crippen LogP contribution >= 0.6 is 0 Å². The summed E-state index contributed by atoms with van der Waals surface area (Å²) in [5.74, 6) is -0.279. The Morgan fingerprint density at radius 3 is 2.50 bits per heavy atom. The van der Waals surface area contributed by atoms with Crippen LogP contribution in [0.5, 0.6) is 0 Å². The van der Waals surface area contributed by atoms with Crippen molar-refractivity contribution in [2.75, 3.05) is 20.7 Å². The van der Waals surface area contributed by atoms with Crippen molar-refractivity contribution in [1.29, 1.82) is 0 Å². The summed E-state index contributed by atoms with van der Waals surface area (Å²) < 4.78 is 5.11. The van der Waals surface area contributed by atoms with Crippen molar-refractivity contribution in [3.05, 3.63) is 41.1 Å². The summed E-state index contributed by atoms with van der Waals surface area (Å²) in [5.41, 5.74) is 3.78. The third-order valence-electron chi connectivity index (χ3n) is 2.55. The molecule has 0 radical (unpaired) electrons. The van der Waals surface area contributed by atoms with Crippen LogP contribution in [0.2, 0.25) is 0 Å². The van der Waals surface area contributed by atoms with Crippen molar-refractivity contribution in [3.63, 3.8) is 0 Å². The highest BCUT2D eigenvalue weighted by atomic mass is 16.5. The first kappa shape index (κ1) is 14.3. The Kier molecular flexibility index (Phi) is 4.95. The molecule has 0 unspecified atom stereocenters. The van der Waals surface area contributed by atoms with Crippen LogP contribution in [-0.4, -0.2) is 31.6 Å². The van der Waals surface area contributed by atoms with Crippen molar-refractivity contribution in [3.8, 4) is 0 Å². The maximum atomic E-state index is 12.0. The number of hydrogen-bond donors (Lipinski definition) is 0. The standard InChI is InChI=1S/C15H21NO2/c1-6-18-15(17)14(10-16(4)5)13-8-7-11(2)9-12(13)3/h7-10H,6H2,1-5H3. The fourth-order valence-electron chi connectivity index (χ4n) is 1.82. The minimum atomic E-state index is -0.279. The van der Waals surface area contributed by atoms with Gasteiger partial charge in [0.25, 0.3) is 0 Å². The molecule has 0 saturated heterocycles. The first-order valence-corrected chi connectivity index (χ1v) is 6.08. The molecule has 1 aromatic carbocycles. The van der Waals surface area contributed by atoms with Crippen LogP contribution < -0.4 is 0 Å². The molecular weight excluding hydrogens is 226 g/mol. The summed E-state index contributed by atoms with van der Waals surface area (Å²) in [6.07, 6.45) is 1.80. The van der Waals surface area contributed by atoms with E-state index in [9.17, 15) is 4.79 Å². The number of nitrogens with zero attached hydrogens (tertiary/aromatic N) is 1. The van der Waals surface area contributed by atoms with E-state index < -0.39 is 0 Å². The molecule has 18 heavy (non-hydrogen) atoms. The van der Waals surface area contributed by atoms with Crippen molar-refractivity contribution in [1.82, 2.24) is 4.90 Å². The van der Waals surface area contributed by atoms with Crippen LogP contribution in [0.25, 0.3) is 5.57 Å².